The number of benzene rings is 1. The zero-order valence-electron chi connectivity index (χ0n) is 9.47. The lowest BCUT2D eigenvalue weighted by Gasteiger charge is -2.17. The number of nitrogens with one attached hydrogen (secondary N) is 1. The molecule has 0 amide bonds. The van der Waals surface area contributed by atoms with Gasteiger partial charge in [0.25, 0.3) is 0 Å². The fourth-order valence-electron chi connectivity index (χ4n) is 2.05. The number of hydrogen-bond donors (Lipinski definition) is 1. The Kier molecular flexibility index (Phi) is 3.54. The van der Waals surface area contributed by atoms with Gasteiger partial charge in [-0.1, -0.05) is 25.0 Å². The smallest absolute Gasteiger partial charge is 0.163 e. The van der Waals surface area contributed by atoms with Gasteiger partial charge in [0.1, 0.15) is 0 Å². The Bertz CT molecular complexity index is 361. The van der Waals surface area contributed by atoms with Gasteiger partial charge in [0.2, 0.25) is 0 Å². The van der Waals surface area contributed by atoms with Crippen LogP contribution in [0, 0.1) is 17.6 Å². The topological polar surface area (TPSA) is 12.0 Å². The summed E-state index contributed by atoms with van der Waals surface area (Å²) in [6.07, 6.45) is 4.56. The summed E-state index contributed by atoms with van der Waals surface area (Å²) in [5, 5.41) is 3.06. The van der Waals surface area contributed by atoms with Gasteiger partial charge in [0.05, 0.1) is 0 Å². The Labute approximate surface area is 94.9 Å². The highest BCUT2D eigenvalue weighted by Crippen LogP contribution is 2.36. The number of halogens is 2. The van der Waals surface area contributed by atoms with Crippen LogP contribution in [0.2, 0.25) is 0 Å². The van der Waals surface area contributed by atoms with Crippen molar-refractivity contribution in [3.05, 3.63) is 35.4 Å². The molecule has 16 heavy (non-hydrogen) atoms. The van der Waals surface area contributed by atoms with E-state index in [1.807, 2.05) is 0 Å². The SMILES string of the molecule is CNC(CCC1CC1)c1cccc(F)c1F. The molecule has 2 rings (SSSR count). The maximum Gasteiger partial charge on any atom is 0.163 e. The molecule has 0 spiro atoms. The van der Waals surface area contributed by atoms with Crippen LogP contribution in [-0.4, -0.2) is 7.05 Å². The second-order valence-corrected chi connectivity index (χ2v) is 4.51. The van der Waals surface area contributed by atoms with Gasteiger partial charge in [0.15, 0.2) is 11.6 Å². The molecule has 0 radical (unpaired) electrons. The van der Waals surface area contributed by atoms with E-state index in [1.165, 1.54) is 12.8 Å². The van der Waals surface area contributed by atoms with E-state index < -0.39 is 11.6 Å². The quantitative estimate of drug-likeness (QED) is 0.809. The average Bonchev–Trinajstić information content (AvgIpc) is 3.08. The van der Waals surface area contributed by atoms with E-state index in [1.54, 1.807) is 19.2 Å². The summed E-state index contributed by atoms with van der Waals surface area (Å²) in [5.41, 5.74) is 0.447. The molecule has 1 N–H and O–H groups in total. The van der Waals surface area contributed by atoms with Crippen molar-refractivity contribution in [2.45, 2.75) is 31.7 Å². The van der Waals surface area contributed by atoms with Gasteiger partial charge in [-0.15, -0.1) is 0 Å². The first kappa shape index (κ1) is 11.5. The molecule has 0 aromatic heterocycles. The lowest BCUT2D eigenvalue weighted by atomic mass is 10.00. The zero-order valence-corrected chi connectivity index (χ0v) is 9.47. The fourth-order valence-corrected chi connectivity index (χ4v) is 2.05. The van der Waals surface area contributed by atoms with Crippen LogP contribution in [0.15, 0.2) is 18.2 Å². The van der Waals surface area contributed by atoms with Crippen LogP contribution >= 0.6 is 0 Å². The molecule has 0 heterocycles. The molecule has 0 aliphatic heterocycles. The van der Waals surface area contributed by atoms with E-state index in [9.17, 15) is 8.78 Å². The van der Waals surface area contributed by atoms with Crippen molar-refractivity contribution in [3.63, 3.8) is 0 Å². The molecule has 1 unspecified atom stereocenters. The molecular formula is C13H17F2N. The van der Waals surface area contributed by atoms with Crippen molar-refractivity contribution in [3.8, 4) is 0 Å². The van der Waals surface area contributed by atoms with Crippen LogP contribution < -0.4 is 5.32 Å². The molecule has 3 heteroatoms. The third-order valence-corrected chi connectivity index (χ3v) is 3.27. The van der Waals surface area contributed by atoms with E-state index in [0.717, 1.165) is 24.8 Å². The van der Waals surface area contributed by atoms with Crippen LogP contribution in [0.5, 0.6) is 0 Å². The molecule has 1 saturated carbocycles. The molecule has 1 aliphatic carbocycles. The lowest BCUT2D eigenvalue weighted by Crippen LogP contribution is -2.18. The van der Waals surface area contributed by atoms with Gasteiger partial charge in [-0.2, -0.15) is 0 Å². The molecule has 1 aromatic carbocycles. The van der Waals surface area contributed by atoms with Crippen molar-refractivity contribution < 1.29 is 8.78 Å². The molecule has 1 aromatic rings. The third-order valence-electron chi connectivity index (χ3n) is 3.27. The van der Waals surface area contributed by atoms with Crippen LogP contribution in [0.3, 0.4) is 0 Å². The highest BCUT2D eigenvalue weighted by atomic mass is 19.2. The maximum atomic E-state index is 13.6. The van der Waals surface area contributed by atoms with Gasteiger partial charge in [-0.25, -0.2) is 8.78 Å². The lowest BCUT2D eigenvalue weighted by molar-refractivity contribution is 0.451. The van der Waals surface area contributed by atoms with Crippen molar-refractivity contribution in [2.24, 2.45) is 5.92 Å². The highest BCUT2D eigenvalue weighted by molar-refractivity contribution is 5.22. The van der Waals surface area contributed by atoms with E-state index in [2.05, 4.69) is 5.32 Å². The van der Waals surface area contributed by atoms with Gasteiger partial charge in [-0.3, -0.25) is 0 Å². The normalized spacial score (nSPS) is 17.4. The minimum absolute atomic E-state index is 0.0729. The summed E-state index contributed by atoms with van der Waals surface area (Å²) >= 11 is 0. The number of rotatable bonds is 5. The van der Waals surface area contributed by atoms with E-state index in [0.29, 0.717) is 5.56 Å². The third kappa shape index (κ3) is 2.59. The first-order chi connectivity index (χ1) is 7.72. The first-order valence-electron chi connectivity index (χ1n) is 5.83. The van der Waals surface area contributed by atoms with E-state index in [4.69, 9.17) is 0 Å². The van der Waals surface area contributed by atoms with Crippen LogP contribution in [-0.2, 0) is 0 Å². The maximum absolute atomic E-state index is 13.6. The summed E-state index contributed by atoms with van der Waals surface area (Å²) in [6, 6.07) is 4.31. The molecule has 0 saturated heterocycles. The molecule has 1 atom stereocenters. The Morgan fingerprint density at radius 3 is 2.75 bits per heavy atom. The predicted molar refractivity (Wildman–Crippen MR) is 60.1 cm³/mol. The largest absolute Gasteiger partial charge is 0.313 e. The fraction of sp³-hybridized carbons (Fsp3) is 0.538. The Morgan fingerprint density at radius 1 is 1.38 bits per heavy atom. The van der Waals surface area contributed by atoms with Crippen molar-refractivity contribution >= 4 is 0 Å². The van der Waals surface area contributed by atoms with Crippen molar-refractivity contribution in [1.82, 2.24) is 5.32 Å². The predicted octanol–water partition coefficient (Wildman–Crippen LogP) is 3.42. The summed E-state index contributed by atoms with van der Waals surface area (Å²) in [4.78, 5) is 0. The van der Waals surface area contributed by atoms with Crippen LogP contribution in [0.25, 0.3) is 0 Å². The molecule has 88 valence electrons. The standard InChI is InChI=1S/C13H17F2N/c1-16-12(8-7-9-5-6-9)10-3-2-4-11(14)13(10)15/h2-4,9,12,16H,5-8H2,1H3. The second kappa shape index (κ2) is 4.91. The molecule has 1 aliphatic rings. The molecule has 0 bridgehead atoms. The van der Waals surface area contributed by atoms with Crippen LogP contribution in [0.1, 0.15) is 37.3 Å². The van der Waals surface area contributed by atoms with Crippen molar-refractivity contribution in [1.29, 1.82) is 0 Å². The Hall–Kier alpha value is -0.960. The van der Waals surface area contributed by atoms with Gasteiger partial charge in [0, 0.05) is 11.6 Å². The summed E-state index contributed by atoms with van der Waals surface area (Å²) in [7, 11) is 1.79. The summed E-state index contributed by atoms with van der Waals surface area (Å²) in [5.74, 6) is -0.658. The summed E-state index contributed by atoms with van der Waals surface area (Å²) in [6.45, 7) is 0. The number of hydrogen-bond acceptors (Lipinski definition) is 1. The Balaban J connectivity index is 2.08. The molecule has 1 fully saturated rings. The van der Waals surface area contributed by atoms with Gasteiger partial charge in [-0.05, 0) is 31.9 Å². The summed E-state index contributed by atoms with van der Waals surface area (Å²) < 4.78 is 26.6. The van der Waals surface area contributed by atoms with Gasteiger partial charge >= 0.3 is 0 Å². The highest BCUT2D eigenvalue weighted by Gasteiger charge is 2.24. The van der Waals surface area contributed by atoms with E-state index in [-0.39, 0.29) is 6.04 Å². The van der Waals surface area contributed by atoms with Crippen molar-refractivity contribution in [2.75, 3.05) is 7.05 Å². The molecule has 1 nitrogen and oxygen atoms in total. The van der Waals surface area contributed by atoms with Crippen LogP contribution in [0.4, 0.5) is 8.78 Å². The second-order valence-electron chi connectivity index (χ2n) is 4.51. The first-order valence-corrected chi connectivity index (χ1v) is 5.83. The van der Waals surface area contributed by atoms with Gasteiger partial charge < -0.3 is 5.32 Å². The monoisotopic (exact) mass is 225 g/mol. The molecular weight excluding hydrogens is 208 g/mol. The minimum atomic E-state index is -0.760. The average molecular weight is 225 g/mol. The minimum Gasteiger partial charge on any atom is -0.313 e. The zero-order chi connectivity index (χ0) is 11.5. The Morgan fingerprint density at radius 2 is 2.12 bits per heavy atom. The van der Waals surface area contributed by atoms with E-state index >= 15 is 0 Å².